The van der Waals surface area contributed by atoms with Crippen LogP contribution < -0.4 is 15.4 Å². The second-order valence-corrected chi connectivity index (χ2v) is 11.8. The van der Waals surface area contributed by atoms with Gasteiger partial charge in [-0.05, 0) is 78.8 Å². The summed E-state index contributed by atoms with van der Waals surface area (Å²) in [5, 5.41) is 28.1. The zero-order chi connectivity index (χ0) is 34.4. The molecule has 2 unspecified atom stereocenters. The van der Waals surface area contributed by atoms with Crippen LogP contribution in [0, 0.1) is 0 Å². The number of nitrogens with one attached hydrogen (secondary N) is 2. The lowest BCUT2D eigenvalue weighted by molar-refractivity contribution is -0.145. The van der Waals surface area contributed by atoms with Crippen LogP contribution in [0.1, 0.15) is 64.8 Å². The number of aliphatic carboxylic acids is 1. The van der Waals surface area contributed by atoms with Gasteiger partial charge in [0.1, 0.15) is 11.8 Å². The Labute approximate surface area is 285 Å². The molecule has 11 nitrogen and oxygen atoms in total. The Bertz CT molecular complexity index is 1780. The standard InChI is InChI=1S/C38H40N6O5/c1-27(25-29-16-7-3-8-17-29)44-42-35(41-43-44)34(38(47)48)49-32-22-20-30(21-23-32)26-33(40-36(45)31-18-9-4-10-19-31)37(46)39-24-12-11-15-28-13-5-2-6-14-28/h2-10,13-14,16-23,27,33-34H,11-12,15,24-26H2,1H3,(H,39,46)(H,40,45)(H,47,48)/t27?,33-,34?/m0/s1. The van der Waals surface area contributed by atoms with Crippen molar-refractivity contribution in [2.45, 2.75) is 57.2 Å². The second kappa shape index (κ2) is 17.4. The van der Waals surface area contributed by atoms with Crippen LogP contribution in [-0.2, 0) is 28.9 Å². The second-order valence-electron chi connectivity index (χ2n) is 11.8. The van der Waals surface area contributed by atoms with Crippen molar-refractivity contribution < 1.29 is 24.2 Å². The van der Waals surface area contributed by atoms with E-state index in [1.165, 1.54) is 10.4 Å². The molecule has 0 spiro atoms. The van der Waals surface area contributed by atoms with Crippen LogP contribution in [0.5, 0.6) is 5.75 Å². The first kappa shape index (κ1) is 34.5. The number of carbonyl (C=O) groups is 3. The van der Waals surface area contributed by atoms with Gasteiger partial charge in [-0.2, -0.15) is 4.80 Å². The van der Waals surface area contributed by atoms with Crippen LogP contribution >= 0.6 is 0 Å². The Morgan fingerprint density at radius 2 is 1.39 bits per heavy atom. The zero-order valence-corrected chi connectivity index (χ0v) is 27.3. The molecule has 2 amide bonds. The molecule has 5 aromatic rings. The predicted molar refractivity (Wildman–Crippen MR) is 184 cm³/mol. The summed E-state index contributed by atoms with van der Waals surface area (Å²) in [7, 11) is 0. The number of tetrazole rings is 1. The van der Waals surface area contributed by atoms with Gasteiger partial charge >= 0.3 is 5.97 Å². The molecule has 3 atom stereocenters. The summed E-state index contributed by atoms with van der Waals surface area (Å²) in [6.07, 6.45) is 2.02. The van der Waals surface area contributed by atoms with E-state index in [0.717, 1.165) is 30.4 Å². The van der Waals surface area contributed by atoms with Crippen molar-refractivity contribution in [2.24, 2.45) is 0 Å². The molecular formula is C38H40N6O5. The van der Waals surface area contributed by atoms with E-state index in [9.17, 15) is 19.5 Å². The lowest BCUT2D eigenvalue weighted by Crippen LogP contribution is -2.48. The summed E-state index contributed by atoms with van der Waals surface area (Å²) < 4.78 is 5.78. The maximum Gasteiger partial charge on any atom is 0.353 e. The number of unbranched alkanes of at least 4 members (excludes halogenated alkanes) is 1. The molecule has 252 valence electrons. The number of nitrogens with zero attached hydrogens (tertiary/aromatic N) is 4. The van der Waals surface area contributed by atoms with Gasteiger partial charge in [0, 0.05) is 18.5 Å². The number of amides is 2. The number of hydrogen-bond donors (Lipinski definition) is 3. The van der Waals surface area contributed by atoms with Gasteiger partial charge in [-0.25, -0.2) is 4.79 Å². The molecule has 0 radical (unpaired) electrons. The average molecular weight is 661 g/mol. The maximum atomic E-state index is 13.3. The fraction of sp³-hybridized carbons (Fsp3) is 0.263. The van der Waals surface area contributed by atoms with Crippen molar-refractivity contribution in [3.63, 3.8) is 0 Å². The van der Waals surface area contributed by atoms with Crippen molar-refractivity contribution in [3.05, 3.63) is 143 Å². The minimum Gasteiger partial charge on any atom is -0.478 e. The van der Waals surface area contributed by atoms with Gasteiger partial charge in [0.05, 0.1) is 6.04 Å². The number of hydrogen-bond acceptors (Lipinski definition) is 7. The van der Waals surface area contributed by atoms with Crippen LogP contribution in [0.2, 0.25) is 0 Å². The lowest BCUT2D eigenvalue weighted by atomic mass is 10.0. The Hall–Kier alpha value is -5.84. The SMILES string of the molecule is CC(Cc1ccccc1)n1nnc(C(Oc2ccc(C[C@H](NC(=O)c3ccccc3)C(=O)NCCCCc3ccccc3)cc2)C(=O)O)n1. The highest BCUT2D eigenvalue weighted by molar-refractivity contribution is 5.97. The first-order valence-corrected chi connectivity index (χ1v) is 16.3. The van der Waals surface area contributed by atoms with E-state index < -0.39 is 18.1 Å². The quantitative estimate of drug-likeness (QED) is 0.116. The number of aromatic nitrogens is 4. The molecule has 0 saturated heterocycles. The lowest BCUT2D eigenvalue weighted by Gasteiger charge is -2.19. The van der Waals surface area contributed by atoms with Gasteiger partial charge in [-0.15, -0.1) is 10.2 Å². The largest absolute Gasteiger partial charge is 0.478 e. The smallest absolute Gasteiger partial charge is 0.353 e. The topological polar surface area (TPSA) is 148 Å². The Morgan fingerprint density at radius 1 is 0.776 bits per heavy atom. The third-order valence-electron chi connectivity index (χ3n) is 7.98. The average Bonchev–Trinajstić information content (AvgIpc) is 3.62. The highest BCUT2D eigenvalue weighted by atomic mass is 16.5. The highest BCUT2D eigenvalue weighted by Crippen LogP contribution is 2.22. The number of rotatable bonds is 17. The third-order valence-corrected chi connectivity index (χ3v) is 7.98. The minimum absolute atomic E-state index is 0.0689. The van der Waals surface area contributed by atoms with E-state index in [2.05, 4.69) is 38.2 Å². The van der Waals surface area contributed by atoms with Crippen molar-refractivity contribution >= 4 is 17.8 Å². The van der Waals surface area contributed by atoms with Gasteiger partial charge in [0.25, 0.3) is 12.0 Å². The summed E-state index contributed by atoms with van der Waals surface area (Å²) in [4.78, 5) is 39.9. The summed E-state index contributed by atoms with van der Waals surface area (Å²) in [5.41, 5.74) is 3.54. The maximum absolute atomic E-state index is 13.3. The van der Waals surface area contributed by atoms with Crippen LogP contribution in [0.4, 0.5) is 0 Å². The molecule has 0 fully saturated rings. The molecule has 3 N–H and O–H groups in total. The van der Waals surface area contributed by atoms with Gasteiger partial charge < -0.3 is 20.5 Å². The predicted octanol–water partition coefficient (Wildman–Crippen LogP) is 5.16. The Morgan fingerprint density at radius 3 is 2.04 bits per heavy atom. The summed E-state index contributed by atoms with van der Waals surface area (Å²) in [6, 6.07) is 34.5. The van der Waals surface area contributed by atoms with Crippen LogP contribution in [0.25, 0.3) is 0 Å². The molecule has 0 aliphatic heterocycles. The molecule has 1 aromatic heterocycles. The molecule has 11 heteroatoms. The summed E-state index contributed by atoms with van der Waals surface area (Å²) in [5.74, 6) is -1.69. The van der Waals surface area contributed by atoms with Gasteiger partial charge in [0.15, 0.2) is 0 Å². The number of carboxylic acid groups (broad SMARTS) is 1. The number of benzene rings is 4. The van der Waals surface area contributed by atoms with Gasteiger partial charge in [-0.3, -0.25) is 9.59 Å². The molecule has 0 aliphatic rings. The molecule has 0 saturated carbocycles. The summed E-state index contributed by atoms with van der Waals surface area (Å²) in [6.45, 7) is 2.41. The molecule has 0 bridgehead atoms. The molecule has 0 aliphatic carbocycles. The molecule has 5 rings (SSSR count). The van der Waals surface area contributed by atoms with Crippen LogP contribution in [-0.4, -0.2) is 55.7 Å². The highest BCUT2D eigenvalue weighted by Gasteiger charge is 2.28. The first-order valence-electron chi connectivity index (χ1n) is 16.3. The monoisotopic (exact) mass is 660 g/mol. The molecule has 4 aromatic carbocycles. The van der Waals surface area contributed by atoms with E-state index >= 15 is 0 Å². The Balaban J connectivity index is 1.20. The fourth-order valence-electron chi connectivity index (χ4n) is 5.33. The van der Waals surface area contributed by atoms with E-state index in [-0.39, 0.29) is 35.9 Å². The van der Waals surface area contributed by atoms with E-state index in [1.54, 1.807) is 48.5 Å². The van der Waals surface area contributed by atoms with Crippen molar-refractivity contribution in [3.8, 4) is 5.75 Å². The molecule has 1 heterocycles. The normalized spacial score (nSPS) is 12.8. The van der Waals surface area contributed by atoms with E-state index in [1.807, 2.05) is 61.5 Å². The number of ether oxygens (including phenoxy) is 1. The van der Waals surface area contributed by atoms with Gasteiger partial charge in [0.2, 0.25) is 11.7 Å². The fourth-order valence-corrected chi connectivity index (χ4v) is 5.33. The summed E-state index contributed by atoms with van der Waals surface area (Å²) >= 11 is 0. The van der Waals surface area contributed by atoms with Crippen molar-refractivity contribution in [1.29, 1.82) is 0 Å². The molecular weight excluding hydrogens is 620 g/mol. The van der Waals surface area contributed by atoms with Crippen LogP contribution in [0.15, 0.2) is 115 Å². The van der Waals surface area contributed by atoms with E-state index in [0.29, 0.717) is 18.5 Å². The number of carbonyl (C=O) groups excluding carboxylic acids is 2. The van der Waals surface area contributed by atoms with Crippen molar-refractivity contribution in [2.75, 3.05) is 6.54 Å². The number of carboxylic acids is 1. The number of aryl methyl sites for hydroxylation is 1. The van der Waals surface area contributed by atoms with Crippen LogP contribution in [0.3, 0.4) is 0 Å². The van der Waals surface area contributed by atoms with Gasteiger partial charge in [-0.1, -0.05) is 91.0 Å². The molecule has 49 heavy (non-hydrogen) atoms. The van der Waals surface area contributed by atoms with Crippen molar-refractivity contribution in [1.82, 2.24) is 30.8 Å². The zero-order valence-electron chi connectivity index (χ0n) is 27.3. The third kappa shape index (κ3) is 10.3. The first-order chi connectivity index (χ1) is 23.9. The van der Waals surface area contributed by atoms with E-state index in [4.69, 9.17) is 4.74 Å². The Kier molecular flexibility index (Phi) is 12.2. The minimum atomic E-state index is -1.48.